The average Bonchev–Trinajstić information content (AvgIpc) is 2.79. The van der Waals surface area contributed by atoms with E-state index in [-0.39, 0.29) is 22.2 Å². The van der Waals surface area contributed by atoms with E-state index in [9.17, 15) is 9.59 Å². The number of fused-ring (bicyclic) bond motifs is 1. The van der Waals surface area contributed by atoms with Crippen LogP contribution in [0.3, 0.4) is 0 Å². The van der Waals surface area contributed by atoms with Gasteiger partial charge in [-0.3, -0.25) is 4.79 Å². The Morgan fingerprint density at radius 1 is 0.893 bits per heavy atom. The molecule has 1 atom stereocenters. The van der Waals surface area contributed by atoms with Gasteiger partial charge >= 0.3 is 5.97 Å². The first-order chi connectivity index (χ1) is 13.0. The van der Waals surface area contributed by atoms with Gasteiger partial charge in [-0.2, -0.15) is 0 Å². The predicted octanol–water partition coefficient (Wildman–Crippen LogP) is 5.61. The number of carboxylic acid groups (broad SMARTS) is 1. The van der Waals surface area contributed by atoms with E-state index in [1.165, 1.54) is 11.1 Å². The standard InChI is InChI=1S/C25H28O3/c1-15(23(27)28)13-17-7-9-18(10-8-17)22(26)19-11-12-20-21(14-19)25(5,6)16(2)24(20,3)4/h7-14,16H,1-6H3,(H,27,28)/b15-13+. The second kappa shape index (κ2) is 6.73. The third-order valence-electron chi connectivity index (χ3n) is 6.73. The van der Waals surface area contributed by atoms with Crippen molar-refractivity contribution in [3.05, 3.63) is 75.9 Å². The van der Waals surface area contributed by atoms with Gasteiger partial charge in [-0.05, 0) is 52.5 Å². The minimum atomic E-state index is -0.946. The van der Waals surface area contributed by atoms with Crippen LogP contribution in [-0.4, -0.2) is 16.9 Å². The summed E-state index contributed by atoms with van der Waals surface area (Å²) in [6.45, 7) is 12.9. The molecular weight excluding hydrogens is 348 g/mol. The molecule has 2 aromatic carbocycles. The summed E-state index contributed by atoms with van der Waals surface area (Å²) in [4.78, 5) is 24.0. The number of ketones is 1. The molecule has 0 spiro atoms. The van der Waals surface area contributed by atoms with Crippen LogP contribution >= 0.6 is 0 Å². The van der Waals surface area contributed by atoms with Crippen molar-refractivity contribution in [3.63, 3.8) is 0 Å². The molecule has 0 saturated heterocycles. The molecule has 0 heterocycles. The predicted molar refractivity (Wildman–Crippen MR) is 113 cm³/mol. The maximum Gasteiger partial charge on any atom is 0.331 e. The van der Waals surface area contributed by atoms with Gasteiger partial charge in [0.05, 0.1) is 0 Å². The highest BCUT2D eigenvalue weighted by atomic mass is 16.4. The average molecular weight is 376 g/mol. The van der Waals surface area contributed by atoms with Gasteiger partial charge in [-0.25, -0.2) is 4.79 Å². The van der Waals surface area contributed by atoms with Crippen molar-refractivity contribution in [1.29, 1.82) is 0 Å². The number of hydrogen-bond donors (Lipinski definition) is 1. The summed E-state index contributed by atoms with van der Waals surface area (Å²) in [7, 11) is 0. The van der Waals surface area contributed by atoms with Gasteiger partial charge in [0.1, 0.15) is 0 Å². The van der Waals surface area contributed by atoms with Crippen molar-refractivity contribution in [1.82, 2.24) is 0 Å². The minimum absolute atomic E-state index is 0.0120. The van der Waals surface area contributed by atoms with E-state index >= 15 is 0 Å². The Balaban J connectivity index is 1.94. The smallest absolute Gasteiger partial charge is 0.331 e. The van der Waals surface area contributed by atoms with E-state index in [0.29, 0.717) is 17.0 Å². The first kappa shape index (κ1) is 20.1. The van der Waals surface area contributed by atoms with Crippen molar-refractivity contribution in [2.24, 2.45) is 5.92 Å². The Hall–Kier alpha value is -2.68. The molecule has 0 amide bonds. The molecular formula is C25H28O3. The van der Waals surface area contributed by atoms with E-state index in [1.54, 1.807) is 37.3 Å². The monoisotopic (exact) mass is 376 g/mol. The second-order valence-electron chi connectivity index (χ2n) is 9.01. The normalized spacial score (nSPS) is 19.9. The maximum absolute atomic E-state index is 13.0. The molecule has 1 N–H and O–H groups in total. The van der Waals surface area contributed by atoms with E-state index in [4.69, 9.17) is 5.11 Å². The molecule has 0 radical (unpaired) electrons. The van der Waals surface area contributed by atoms with Gasteiger partial charge in [0.15, 0.2) is 5.78 Å². The molecule has 0 aromatic heterocycles. The van der Waals surface area contributed by atoms with E-state index in [2.05, 4.69) is 46.8 Å². The van der Waals surface area contributed by atoms with Crippen LogP contribution in [0.5, 0.6) is 0 Å². The van der Waals surface area contributed by atoms with Crippen LogP contribution in [0.25, 0.3) is 6.08 Å². The molecule has 1 aliphatic carbocycles. The largest absolute Gasteiger partial charge is 0.478 e. The fourth-order valence-electron chi connectivity index (χ4n) is 4.36. The second-order valence-corrected chi connectivity index (χ2v) is 9.01. The highest BCUT2D eigenvalue weighted by Gasteiger charge is 2.48. The van der Waals surface area contributed by atoms with Gasteiger partial charge in [0, 0.05) is 16.7 Å². The van der Waals surface area contributed by atoms with Crippen molar-refractivity contribution >= 4 is 17.8 Å². The zero-order valence-electron chi connectivity index (χ0n) is 17.5. The molecule has 0 fully saturated rings. The van der Waals surface area contributed by atoms with Crippen molar-refractivity contribution in [2.75, 3.05) is 0 Å². The molecule has 0 aliphatic heterocycles. The Morgan fingerprint density at radius 2 is 1.43 bits per heavy atom. The number of carboxylic acids is 1. The first-order valence-corrected chi connectivity index (χ1v) is 9.67. The van der Waals surface area contributed by atoms with Crippen LogP contribution in [0.2, 0.25) is 0 Å². The molecule has 1 unspecified atom stereocenters. The van der Waals surface area contributed by atoms with Crippen LogP contribution in [-0.2, 0) is 15.6 Å². The fourth-order valence-corrected chi connectivity index (χ4v) is 4.36. The lowest BCUT2D eigenvalue weighted by Gasteiger charge is -2.32. The molecule has 3 heteroatoms. The Kier molecular flexibility index (Phi) is 4.82. The third kappa shape index (κ3) is 3.19. The third-order valence-corrected chi connectivity index (χ3v) is 6.73. The zero-order valence-corrected chi connectivity index (χ0v) is 17.5. The molecule has 3 rings (SSSR count). The summed E-state index contributed by atoms with van der Waals surface area (Å²) in [5.41, 5.74) is 5.00. The minimum Gasteiger partial charge on any atom is -0.478 e. The summed E-state index contributed by atoms with van der Waals surface area (Å²) in [5, 5.41) is 8.99. The highest BCUT2D eigenvalue weighted by molar-refractivity contribution is 6.09. The van der Waals surface area contributed by atoms with Crippen molar-refractivity contribution < 1.29 is 14.7 Å². The van der Waals surface area contributed by atoms with Crippen molar-refractivity contribution in [2.45, 2.75) is 52.4 Å². The lowest BCUT2D eigenvalue weighted by Crippen LogP contribution is -2.30. The molecule has 146 valence electrons. The maximum atomic E-state index is 13.0. The molecule has 0 saturated carbocycles. The number of carbonyl (C=O) groups excluding carboxylic acids is 1. The molecule has 1 aliphatic rings. The van der Waals surface area contributed by atoms with Gasteiger partial charge in [0.2, 0.25) is 0 Å². The molecule has 0 bridgehead atoms. The summed E-state index contributed by atoms with van der Waals surface area (Å²) < 4.78 is 0. The Morgan fingerprint density at radius 3 is 2.00 bits per heavy atom. The summed E-state index contributed by atoms with van der Waals surface area (Å²) in [6, 6.07) is 13.2. The Bertz CT molecular complexity index is 975. The lowest BCUT2D eigenvalue weighted by molar-refractivity contribution is -0.132. The SMILES string of the molecule is C/C(=C\c1ccc(C(=O)c2ccc3c(c2)C(C)(C)C(C)C3(C)C)cc1)C(=O)O. The molecule has 3 nitrogen and oxygen atoms in total. The van der Waals surface area contributed by atoms with E-state index < -0.39 is 5.97 Å². The first-order valence-electron chi connectivity index (χ1n) is 9.67. The van der Waals surface area contributed by atoms with Gasteiger partial charge in [0.25, 0.3) is 0 Å². The van der Waals surface area contributed by atoms with Crippen LogP contribution in [0, 0.1) is 5.92 Å². The quantitative estimate of drug-likeness (QED) is 0.557. The summed E-state index contributed by atoms with van der Waals surface area (Å²) in [6.07, 6.45) is 1.60. The van der Waals surface area contributed by atoms with Crippen LogP contribution in [0.4, 0.5) is 0 Å². The van der Waals surface area contributed by atoms with Crippen LogP contribution < -0.4 is 0 Å². The van der Waals surface area contributed by atoms with Gasteiger partial charge in [-0.1, -0.05) is 71.0 Å². The number of hydrogen-bond acceptors (Lipinski definition) is 2. The topological polar surface area (TPSA) is 54.4 Å². The van der Waals surface area contributed by atoms with Crippen molar-refractivity contribution in [3.8, 4) is 0 Å². The van der Waals surface area contributed by atoms with E-state index in [1.807, 2.05) is 6.07 Å². The highest BCUT2D eigenvalue weighted by Crippen LogP contribution is 2.53. The number of aliphatic carboxylic acids is 1. The lowest BCUT2D eigenvalue weighted by atomic mass is 9.71. The van der Waals surface area contributed by atoms with Crippen LogP contribution in [0.15, 0.2) is 48.0 Å². The fraction of sp³-hybridized carbons (Fsp3) is 0.360. The van der Waals surface area contributed by atoms with Gasteiger partial charge in [-0.15, -0.1) is 0 Å². The number of carbonyl (C=O) groups is 2. The number of benzene rings is 2. The summed E-state index contributed by atoms with van der Waals surface area (Å²) in [5.74, 6) is -0.483. The molecule has 2 aromatic rings. The Labute approximate surface area is 167 Å². The zero-order chi connectivity index (χ0) is 20.9. The van der Waals surface area contributed by atoms with Crippen LogP contribution in [0.1, 0.15) is 74.2 Å². The number of rotatable bonds is 4. The molecule has 28 heavy (non-hydrogen) atoms. The van der Waals surface area contributed by atoms with Gasteiger partial charge < -0.3 is 5.11 Å². The van der Waals surface area contributed by atoms with E-state index in [0.717, 1.165) is 5.56 Å². The summed E-state index contributed by atoms with van der Waals surface area (Å²) >= 11 is 0.